The Morgan fingerprint density at radius 2 is 0.700 bits per heavy atom. The highest BCUT2D eigenvalue weighted by atomic mass is 19.4. The molecule has 14 aromatic heterocycles. The number of rotatable bonds is 26. The highest BCUT2D eigenvalue weighted by molar-refractivity contribution is 6.07. The van der Waals surface area contributed by atoms with Gasteiger partial charge in [0.2, 0.25) is 11.8 Å². The van der Waals surface area contributed by atoms with Gasteiger partial charge >= 0.3 is 6.18 Å². The Morgan fingerprint density at radius 3 is 1.17 bits per heavy atom. The van der Waals surface area contributed by atoms with Gasteiger partial charge in [-0.05, 0) is 157 Å². The van der Waals surface area contributed by atoms with Crippen molar-refractivity contribution in [3.05, 3.63) is 429 Å². The van der Waals surface area contributed by atoms with E-state index < -0.39 is 35.3 Å². The molecular formula is C108H98F5N27O10. The van der Waals surface area contributed by atoms with Crippen LogP contribution in [0.1, 0.15) is 130 Å². The van der Waals surface area contributed by atoms with Gasteiger partial charge in [0.1, 0.15) is 76.9 Å². The standard InChI is InChI=1S/C19H19N5O.C18H17N5O.C18H15N3O2.C17H12F3N5O2.C17H13F2N5O2.C17H14N4O2.2CH4/c1-3-24(18-11-21-13-22-12-18)17-8-16(9-20-10-17)23-19(25)15-6-4-5-14(2)7-15;1-13-4-3-5-14(6-13)18(24)22-15-7-16(9-19-8-15)23(2)17-10-20-12-21-11-17;1-13-5-2-6-14(11-13)18(22)21-16-8-3-9-17(20-16)23-15-7-4-10-19-12-15;1-10-3-2-4-12(23-10)16(26)25-14-8-21-9-15(24-14)27-11-5-6-13(22-7-11)17(18,19)20;1-17(18,19)15-4-2-3-14(24-15)16(25)23-11-5-12(7-20-6-11)26-13-8-21-10-22-9-13;1-12-3-2-4-13(5-12)17(22)21-14-6-15(8-18-7-14)23-16-9-19-11-20-10-16;;/h4-13H,3H2,1-2H3,(H,23,25);3-12H,1-2H3,(H,22,24);2-12H,1H3,(H,20,21,22);2-9H,1H3,(H,24,25,26);2-10H,1H3,(H,23,25);2-11H,1H3,(H,21,22);2*1H4. The van der Waals surface area contributed by atoms with Crippen LogP contribution < -0.4 is 60.6 Å². The molecule has 14 heterocycles. The average molecular weight is 2030 g/mol. The van der Waals surface area contributed by atoms with Crippen molar-refractivity contribution in [1.82, 2.24) is 94.7 Å². The van der Waals surface area contributed by atoms with E-state index in [1.807, 2.05) is 136 Å². The number of hydrogen-bond acceptors (Lipinski definition) is 31. The van der Waals surface area contributed by atoms with Gasteiger partial charge in [-0.1, -0.05) is 104 Å². The van der Waals surface area contributed by atoms with Crippen LogP contribution in [0.2, 0.25) is 0 Å². The zero-order valence-electron chi connectivity index (χ0n) is 80.1. The molecule has 0 atom stereocenters. The molecule has 6 N–H and O–H groups in total. The number of pyridine rings is 9. The molecule has 0 fully saturated rings. The lowest BCUT2D eigenvalue weighted by Crippen LogP contribution is -2.17. The van der Waals surface area contributed by atoms with E-state index in [2.05, 4.69) is 127 Å². The Hall–Kier alpha value is -20.1. The highest BCUT2D eigenvalue weighted by Gasteiger charge is 2.33. The summed E-state index contributed by atoms with van der Waals surface area (Å²) in [5.74, 6) is -1.74. The molecule has 4 aromatic carbocycles. The second kappa shape index (κ2) is 54.4. The Labute approximate surface area is 858 Å². The number of aryl methyl sites for hydroxylation is 5. The summed E-state index contributed by atoms with van der Waals surface area (Å²) in [4.78, 5) is 153. The minimum absolute atomic E-state index is 0. The van der Waals surface area contributed by atoms with Crippen molar-refractivity contribution in [2.24, 2.45) is 0 Å². The number of nitrogens with one attached hydrogen (secondary N) is 6. The Morgan fingerprint density at radius 1 is 0.307 bits per heavy atom. The predicted molar refractivity (Wildman–Crippen MR) is 555 cm³/mol. The summed E-state index contributed by atoms with van der Waals surface area (Å²) in [7, 11) is 1.89. The SMILES string of the molecule is C.C.CC(F)(F)c1cccc(C(=O)Nc2cncc(Oc3cncnc3)c2)n1.CCN(c1cncnc1)c1cncc(NC(=O)c2cccc(C)c2)c1.Cc1cccc(C(=O)Nc2cccc(Oc3cccnc3)n2)c1.Cc1cccc(C(=O)Nc2cncc(N(C)c3cncnc3)c2)c1.Cc1cccc(C(=O)Nc2cncc(Oc3ccc(C(F)(F)F)nc3)n2)n1.Cc1cccc(C(=O)Nc2cncc(Oc3cncnc3)c2)c1. The smallest absolute Gasteiger partial charge is 0.433 e. The summed E-state index contributed by atoms with van der Waals surface area (Å²) in [5.41, 5.74) is 11.3. The van der Waals surface area contributed by atoms with E-state index in [9.17, 15) is 50.7 Å². The first-order valence-electron chi connectivity index (χ1n) is 44.6. The van der Waals surface area contributed by atoms with Gasteiger partial charge in [-0.2, -0.15) is 31.9 Å². The molecule has 0 aliphatic heterocycles. The maximum atomic E-state index is 13.4. The molecule has 0 unspecified atom stereocenters. The Kier molecular flexibility index (Phi) is 40.0. The van der Waals surface area contributed by atoms with Crippen molar-refractivity contribution in [3.8, 4) is 46.3 Å². The summed E-state index contributed by atoms with van der Waals surface area (Å²) >= 11 is 0. The summed E-state index contributed by atoms with van der Waals surface area (Å²) in [6.07, 6.45) is 33.6. The molecule has 0 aliphatic carbocycles. The molecule has 150 heavy (non-hydrogen) atoms. The maximum absolute atomic E-state index is 13.4. The van der Waals surface area contributed by atoms with Crippen LogP contribution in [0.3, 0.4) is 0 Å². The number of carbonyl (C=O) groups is 6. The third-order valence-corrected chi connectivity index (χ3v) is 19.9. The highest BCUT2D eigenvalue weighted by Crippen LogP contribution is 2.33. The fourth-order valence-corrected chi connectivity index (χ4v) is 13.0. The largest absolute Gasteiger partial charge is 0.452 e. The van der Waals surface area contributed by atoms with Gasteiger partial charge in [0.15, 0.2) is 17.3 Å². The van der Waals surface area contributed by atoms with Crippen molar-refractivity contribution >= 4 is 92.6 Å². The molecule has 760 valence electrons. The summed E-state index contributed by atoms with van der Waals surface area (Å²) in [5, 5.41) is 16.4. The zero-order chi connectivity index (χ0) is 105. The van der Waals surface area contributed by atoms with Crippen LogP contribution in [0.15, 0.2) is 356 Å². The molecule has 0 aliphatic rings. The van der Waals surface area contributed by atoms with Crippen LogP contribution >= 0.6 is 0 Å². The van der Waals surface area contributed by atoms with Crippen molar-refractivity contribution in [1.29, 1.82) is 0 Å². The second-order valence-corrected chi connectivity index (χ2v) is 31.6. The Balaban J connectivity index is 0.000000170. The van der Waals surface area contributed by atoms with Crippen molar-refractivity contribution in [2.75, 3.05) is 55.3 Å². The number of amides is 6. The molecule has 0 saturated carbocycles. The lowest BCUT2D eigenvalue weighted by molar-refractivity contribution is -0.141. The van der Waals surface area contributed by atoms with Gasteiger partial charge in [-0.15, -0.1) is 0 Å². The van der Waals surface area contributed by atoms with Crippen molar-refractivity contribution < 1.29 is 69.7 Å². The molecule has 18 aromatic rings. The number of benzene rings is 4. The van der Waals surface area contributed by atoms with Crippen LogP contribution in [-0.4, -0.2) is 144 Å². The summed E-state index contributed by atoms with van der Waals surface area (Å²) in [6, 6.07) is 56.1. The average Bonchev–Trinajstić information content (AvgIpc) is 0.840. The quantitative estimate of drug-likeness (QED) is 0.0274. The Bertz CT molecular complexity index is 7390. The van der Waals surface area contributed by atoms with E-state index in [-0.39, 0.29) is 67.3 Å². The molecular weight excluding hydrogens is 1930 g/mol. The van der Waals surface area contributed by atoms with E-state index in [0.717, 1.165) is 82.9 Å². The molecule has 0 radical (unpaired) electrons. The van der Waals surface area contributed by atoms with Gasteiger partial charge in [-0.3, -0.25) is 58.7 Å². The first-order valence-corrected chi connectivity index (χ1v) is 44.6. The number of halogens is 5. The van der Waals surface area contributed by atoms with Gasteiger partial charge in [-0.25, -0.2) is 54.8 Å². The van der Waals surface area contributed by atoms with Gasteiger partial charge < -0.3 is 60.6 Å². The van der Waals surface area contributed by atoms with Crippen LogP contribution in [0.4, 0.5) is 79.1 Å². The first kappa shape index (κ1) is 110. The molecule has 18 rings (SSSR count). The van der Waals surface area contributed by atoms with Crippen molar-refractivity contribution in [3.63, 3.8) is 0 Å². The van der Waals surface area contributed by atoms with Gasteiger partial charge in [0.25, 0.3) is 41.4 Å². The van der Waals surface area contributed by atoms with Crippen molar-refractivity contribution in [2.45, 2.75) is 75.4 Å². The van der Waals surface area contributed by atoms with Crippen LogP contribution in [0.25, 0.3) is 0 Å². The lowest BCUT2D eigenvalue weighted by Gasteiger charge is -2.22. The minimum atomic E-state index is -4.54. The zero-order valence-corrected chi connectivity index (χ0v) is 80.1. The van der Waals surface area contributed by atoms with Crippen LogP contribution in [0.5, 0.6) is 46.3 Å². The molecule has 0 saturated heterocycles. The number of nitrogens with zero attached hydrogens (tertiary/aromatic N) is 21. The molecule has 37 nitrogen and oxygen atoms in total. The number of aromatic nitrogens is 19. The normalized spacial score (nSPS) is 10.4. The van der Waals surface area contributed by atoms with E-state index in [0.29, 0.717) is 91.1 Å². The summed E-state index contributed by atoms with van der Waals surface area (Å²) < 4.78 is 86.3. The monoisotopic (exact) mass is 2030 g/mol. The van der Waals surface area contributed by atoms with Gasteiger partial charge in [0, 0.05) is 72.9 Å². The number of hydrogen-bond donors (Lipinski definition) is 6. The van der Waals surface area contributed by atoms with E-state index >= 15 is 0 Å². The number of anilines is 10. The fraction of sp³-hybridized carbons (Fsp3) is 0.120. The lowest BCUT2D eigenvalue weighted by atomic mass is 10.1. The minimum Gasteiger partial charge on any atom is -0.452 e. The molecule has 42 heteroatoms. The third-order valence-electron chi connectivity index (χ3n) is 19.9. The fourth-order valence-electron chi connectivity index (χ4n) is 13.0. The molecule has 6 amide bonds. The summed E-state index contributed by atoms with van der Waals surface area (Å²) in [6.45, 7) is 13.0. The maximum Gasteiger partial charge on any atom is 0.433 e. The van der Waals surface area contributed by atoms with E-state index in [1.54, 1.807) is 173 Å². The molecule has 0 bridgehead atoms. The number of carbonyl (C=O) groups excluding carboxylic acids is 6. The first-order chi connectivity index (χ1) is 71.4. The number of alkyl halides is 5. The van der Waals surface area contributed by atoms with E-state index in [1.165, 1.54) is 80.7 Å². The van der Waals surface area contributed by atoms with Crippen LogP contribution in [-0.2, 0) is 12.1 Å². The second-order valence-electron chi connectivity index (χ2n) is 31.6. The predicted octanol–water partition coefficient (Wildman–Crippen LogP) is 22.2. The topological polar surface area (TPSA) is 463 Å². The van der Waals surface area contributed by atoms with Gasteiger partial charge in [0.05, 0.1) is 169 Å². The number of ether oxygens (including phenoxy) is 4. The van der Waals surface area contributed by atoms with E-state index in [4.69, 9.17) is 18.9 Å². The third kappa shape index (κ3) is 34.6. The molecule has 0 spiro atoms. The van der Waals surface area contributed by atoms with Crippen LogP contribution in [0, 0.1) is 34.6 Å².